The van der Waals surface area contributed by atoms with Gasteiger partial charge in [-0.2, -0.15) is 0 Å². The van der Waals surface area contributed by atoms with Crippen molar-refractivity contribution in [2.24, 2.45) is 0 Å². The molecule has 2 heterocycles. The molecule has 0 aliphatic heterocycles. The maximum atomic E-state index is 12.5. The standard InChI is InChI=1S/C21H22N4O2/c1-27-13-12-25-11-9-15-6-7-16(14-19(15)25)21(26)22-10-8-20-23-17-4-2-3-5-18(17)24-20/h2-7,9,11,14H,8,10,12-13H2,1H3,(H,22,26)(H,23,24). The average Bonchev–Trinajstić information content (AvgIpc) is 3.29. The smallest absolute Gasteiger partial charge is 0.251 e. The van der Waals surface area contributed by atoms with E-state index in [1.807, 2.05) is 54.7 Å². The third-order valence-corrected chi connectivity index (χ3v) is 4.66. The Bertz CT molecular complexity index is 1050. The number of hydrogen-bond donors (Lipinski definition) is 2. The van der Waals surface area contributed by atoms with Crippen LogP contribution in [-0.4, -0.2) is 40.7 Å². The highest BCUT2D eigenvalue weighted by atomic mass is 16.5. The predicted molar refractivity (Wildman–Crippen MR) is 106 cm³/mol. The quantitative estimate of drug-likeness (QED) is 0.530. The van der Waals surface area contributed by atoms with Gasteiger partial charge in [-0.25, -0.2) is 4.98 Å². The molecule has 2 aromatic heterocycles. The van der Waals surface area contributed by atoms with E-state index in [2.05, 4.69) is 19.9 Å². The van der Waals surface area contributed by atoms with Crippen LogP contribution in [0.25, 0.3) is 21.9 Å². The number of aromatic amines is 1. The summed E-state index contributed by atoms with van der Waals surface area (Å²) in [5, 5.41) is 4.09. The fourth-order valence-electron chi connectivity index (χ4n) is 3.23. The van der Waals surface area contributed by atoms with E-state index in [0.717, 1.165) is 34.3 Å². The number of hydrogen-bond acceptors (Lipinski definition) is 3. The van der Waals surface area contributed by atoms with Crippen LogP contribution in [0.5, 0.6) is 0 Å². The lowest BCUT2D eigenvalue weighted by molar-refractivity contribution is 0.0954. The number of ether oxygens (including phenoxy) is 1. The van der Waals surface area contributed by atoms with Crippen molar-refractivity contribution in [2.75, 3.05) is 20.3 Å². The Morgan fingerprint density at radius 1 is 1.22 bits per heavy atom. The Balaban J connectivity index is 1.41. The number of nitrogens with zero attached hydrogens (tertiary/aromatic N) is 2. The lowest BCUT2D eigenvalue weighted by Gasteiger charge is -2.07. The van der Waals surface area contributed by atoms with Gasteiger partial charge in [-0.1, -0.05) is 18.2 Å². The van der Waals surface area contributed by atoms with Gasteiger partial charge in [0.25, 0.3) is 5.91 Å². The van der Waals surface area contributed by atoms with Gasteiger partial charge in [-0.3, -0.25) is 4.79 Å². The number of carbonyl (C=O) groups is 1. The first kappa shape index (κ1) is 17.3. The van der Waals surface area contributed by atoms with Gasteiger partial charge in [0, 0.05) is 43.9 Å². The summed E-state index contributed by atoms with van der Waals surface area (Å²) in [5.41, 5.74) is 3.66. The summed E-state index contributed by atoms with van der Waals surface area (Å²) in [6.07, 6.45) is 2.68. The third kappa shape index (κ3) is 3.71. The molecule has 6 heteroatoms. The van der Waals surface area contributed by atoms with Crippen LogP contribution in [0.15, 0.2) is 54.7 Å². The Morgan fingerprint density at radius 3 is 2.96 bits per heavy atom. The number of para-hydroxylation sites is 2. The molecule has 138 valence electrons. The SMILES string of the molecule is COCCn1ccc2ccc(C(=O)NCCc3nc4ccccc4[nH]3)cc21. The van der Waals surface area contributed by atoms with Crippen LogP contribution in [0.3, 0.4) is 0 Å². The molecule has 0 bridgehead atoms. The lowest BCUT2D eigenvalue weighted by Crippen LogP contribution is -2.26. The third-order valence-electron chi connectivity index (χ3n) is 4.66. The summed E-state index contributed by atoms with van der Waals surface area (Å²) >= 11 is 0. The highest BCUT2D eigenvalue weighted by molar-refractivity contribution is 5.98. The first-order chi connectivity index (χ1) is 13.2. The zero-order valence-electron chi connectivity index (χ0n) is 15.2. The topological polar surface area (TPSA) is 71.9 Å². The Kier molecular flexibility index (Phi) is 4.89. The van der Waals surface area contributed by atoms with Crippen LogP contribution < -0.4 is 5.32 Å². The fourth-order valence-corrected chi connectivity index (χ4v) is 3.23. The van der Waals surface area contributed by atoms with E-state index in [4.69, 9.17) is 4.74 Å². The largest absolute Gasteiger partial charge is 0.383 e. The number of fused-ring (bicyclic) bond motifs is 2. The normalized spacial score (nSPS) is 11.3. The van der Waals surface area contributed by atoms with Crippen molar-refractivity contribution in [3.05, 3.63) is 66.1 Å². The van der Waals surface area contributed by atoms with E-state index in [-0.39, 0.29) is 5.91 Å². The molecular weight excluding hydrogens is 340 g/mol. The van der Waals surface area contributed by atoms with E-state index in [1.165, 1.54) is 0 Å². The summed E-state index contributed by atoms with van der Waals surface area (Å²) in [6.45, 7) is 1.93. The van der Waals surface area contributed by atoms with Crippen molar-refractivity contribution in [2.45, 2.75) is 13.0 Å². The number of benzene rings is 2. The van der Waals surface area contributed by atoms with Crippen LogP contribution >= 0.6 is 0 Å². The number of aromatic nitrogens is 3. The number of nitrogens with one attached hydrogen (secondary N) is 2. The molecule has 0 radical (unpaired) electrons. The van der Waals surface area contributed by atoms with Gasteiger partial charge in [0.15, 0.2) is 0 Å². The van der Waals surface area contributed by atoms with Crippen molar-refractivity contribution in [1.29, 1.82) is 0 Å². The van der Waals surface area contributed by atoms with Crippen LogP contribution in [0.1, 0.15) is 16.2 Å². The Labute approximate surface area is 157 Å². The molecule has 6 nitrogen and oxygen atoms in total. The average molecular weight is 362 g/mol. The second-order valence-corrected chi connectivity index (χ2v) is 6.48. The predicted octanol–water partition coefficient (Wildman–Crippen LogP) is 3.14. The van der Waals surface area contributed by atoms with Gasteiger partial charge in [-0.05, 0) is 35.7 Å². The molecule has 4 rings (SSSR count). The molecule has 2 N–H and O–H groups in total. The molecular formula is C21H22N4O2. The fraction of sp³-hybridized carbons (Fsp3) is 0.238. The first-order valence-electron chi connectivity index (χ1n) is 9.04. The summed E-state index contributed by atoms with van der Waals surface area (Å²) in [7, 11) is 1.69. The molecule has 0 unspecified atom stereocenters. The van der Waals surface area contributed by atoms with Crippen molar-refractivity contribution < 1.29 is 9.53 Å². The molecule has 0 atom stereocenters. The second kappa shape index (κ2) is 7.63. The highest BCUT2D eigenvalue weighted by Gasteiger charge is 2.09. The molecule has 0 aliphatic rings. The highest BCUT2D eigenvalue weighted by Crippen LogP contribution is 2.18. The summed E-state index contributed by atoms with van der Waals surface area (Å²) in [5.74, 6) is 0.799. The maximum absolute atomic E-state index is 12.5. The minimum atomic E-state index is -0.0764. The second-order valence-electron chi connectivity index (χ2n) is 6.48. The first-order valence-corrected chi connectivity index (χ1v) is 9.04. The number of carbonyl (C=O) groups excluding carboxylic acids is 1. The van der Waals surface area contributed by atoms with Crippen molar-refractivity contribution in [3.8, 4) is 0 Å². The Morgan fingerprint density at radius 2 is 2.11 bits per heavy atom. The van der Waals surface area contributed by atoms with Gasteiger partial charge in [-0.15, -0.1) is 0 Å². The van der Waals surface area contributed by atoms with Gasteiger partial charge < -0.3 is 19.6 Å². The number of amides is 1. The van der Waals surface area contributed by atoms with Crippen LogP contribution in [-0.2, 0) is 17.7 Å². The molecule has 0 saturated heterocycles. The van der Waals surface area contributed by atoms with E-state index in [1.54, 1.807) is 7.11 Å². The Hall–Kier alpha value is -3.12. The van der Waals surface area contributed by atoms with E-state index >= 15 is 0 Å². The van der Waals surface area contributed by atoms with Crippen molar-refractivity contribution in [3.63, 3.8) is 0 Å². The van der Waals surface area contributed by atoms with Crippen molar-refractivity contribution in [1.82, 2.24) is 19.9 Å². The lowest BCUT2D eigenvalue weighted by atomic mass is 10.1. The summed E-state index contributed by atoms with van der Waals surface area (Å²) in [4.78, 5) is 20.3. The molecule has 0 fully saturated rings. The number of methoxy groups -OCH3 is 1. The van der Waals surface area contributed by atoms with Gasteiger partial charge in [0.05, 0.1) is 17.6 Å². The maximum Gasteiger partial charge on any atom is 0.251 e. The number of rotatable bonds is 7. The van der Waals surface area contributed by atoms with Crippen molar-refractivity contribution >= 4 is 27.8 Å². The summed E-state index contributed by atoms with van der Waals surface area (Å²) < 4.78 is 7.25. The molecule has 0 spiro atoms. The molecule has 27 heavy (non-hydrogen) atoms. The molecule has 2 aromatic carbocycles. The van der Waals surface area contributed by atoms with Gasteiger partial charge in [0.1, 0.15) is 5.82 Å². The molecule has 1 amide bonds. The molecule has 4 aromatic rings. The minimum absolute atomic E-state index is 0.0764. The zero-order valence-corrected chi connectivity index (χ0v) is 15.2. The number of H-pyrrole nitrogens is 1. The van der Waals surface area contributed by atoms with Crippen LogP contribution in [0, 0.1) is 0 Å². The summed E-state index contributed by atoms with van der Waals surface area (Å²) in [6, 6.07) is 15.7. The molecule has 0 aliphatic carbocycles. The van der Waals surface area contributed by atoms with Gasteiger partial charge >= 0.3 is 0 Å². The van der Waals surface area contributed by atoms with Gasteiger partial charge in [0.2, 0.25) is 0 Å². The number of imidazole rings is 1. The minimum Gasteiger partial charge on any atom is -0.383 e. The van der Waals surface area contributed by atoms with E-state index in [0.29, 0.717) is 25.1 Å². The zero-order chi connectivity index (χ0) is 18.6. The monoisotopic (exact) mass is 362 g/mol. The van der Waals surface area contributed by atoms with Crippen LogP contribution in [0.4, 0.5) is 0 Å². The van der Waals surface area contributed by atoms with E-state index < -0.39 is 0 Å². The molecule has 0 saturated carbocycles. The van der Waals surface area contributed by atoms with Crippen LogP contribution in [0.2, 0.25) is 0 Å². The van der Waals surface area contributed by atoms with E-state index in [9.17, 15) is 4.79 Å².